The molecule has 8 nitrogen and oxygen atoms in total. The summed E-state index contributed by atoms with van der Waals surface area (Å²) in [5, 5.41) is 3.90. The number of nitrogens with zero attached hydrogens (tertiary/aromatic N) is 2. The van der Waals surface area contributed by atoms with Crippen LogP contribution in [0.1, 0.15) is 57.4 Å². The molecule has 1 N–H and O–H groups in total. The van der Waals surface area contributed by atoms with E-state index in [9.17, 15) is 18.0 Å². The van der Waals surface area contributed by atoms with E-state index in [0.717, 1.165) is 37.5 Å². The van der Waals surface area contributed by atoms with Crippen LogP contribution in [0.15, 0.2) is 42.5 Å². The molecule has 0 saturated heterocycles. The van der Waals surface area contributed by atoms with Gasteiger partial charge >= 0.3 is 0 Å². The van der Waals surface area contributed by atoms with Gasteiger partial charge in [-0.2, -0.15) is 0 Å². The first-order valence-corrected chi connectivity index (χ1v) is 15.8. The monoisotopic (exact) mass is 597 g/mol. The Bertz CT molecular complexity index is 1250. The zero-order valence-electron chi connectivity index (χ0n) is 22.7. The van der Waals surface area contributed by atoms with Crippen molar-refractivity contribution in [1.82, 2.24) is 10.2 Å². The van der Waals surface area contributed by atoms with Gasteiger partial charge in [0.2, 0.25) is 21.8 Å². The molecule has 1 aliphatic rings. The number of hydrogen-bond acceptors (Lipinski definition) is 5. The fourth-order valence-electron chi connectivity index (χ4n) is 4.78. The van der Waals surface area contributed by atoms with Crippen LogP contribution in [0.2, 0.25) is 10.0 Å². The number of sulfonamides is 1. The number of hydrogen-bond donors (Lipinski definition) is 1. The number of carbonyl (C=O) groups is 2. The largest absolute Gasteiger partial charge is 0.495 e. The van der Waals surface area contributed by atoms with Crippen LogP contribution < -0.4 is 14.4 Å². The third kappa shape index (κ3) is 8.75. The fraction of sp³-hybridized carbons (Fsp3) is 0.500. The van der Waals surface area contributed by atoms with E-state index in [1.54, 1.807) is 25.1 Å². The van der Waals surface area contributed by atoms with E-state index in [2.05, 4.69) is 5.32 Å². The summed E-state index contributed by atoms with van der Waals surface area (Å²) in [7, 11) is -2.17. The quantitative estimate of drug-likeness (QED) is 0.352. The van der Waals surface area contributed by atoms with Crippen LogP contribution in [0, 0.1) is 0 Å². The van der Waals surface area contributed by atoms with Crippen LogP contribution in [0.4, 0.5) is 5.69 Å². The van der Waals surface area contributed by atoms with Gasteiger partial charge in [-0.05, 0) is 56.0 Å². The van der Waals surface area contributed by atoms with Gasteiger partial charge in [-0.1, -0.05) is 60.7 Å². The number of rotatable bonds is 12. The molecule has 39 heavy (non-hydrogen) atoms. The van der Waals surface area contributed by atoms with E-state index in [1.807, 2.05) is 18.2 Å². The zero-order valence-corrected chi connectivity index (χ0v) is 25.0. The first-order valence-electron chi connectivity index (χ1n) is 13.2. The van der Waals surface area contributed by atoms with Gasteiger partial charge in [0.05, 0.1) is 24.1 Å². The van der Waals surface area contributed by atoms with Crippen molar-refractivity contribution in [2.75, 3.05) is 24.2 Å². The van der Waals surface area contributed by atoms with Gasteiger partial charge in [0.1, 0.15) is 11.8 Å². The molecule has 0 bridgehead atoms. The summed E-state index contributed by atoms with van der Waals surface area (Å²) in [6.07, 6.45) is 6.60. The summed E-state index contributed by atoms with van der Waals surface area (Å²) in [5.74, 6) is -0.0323. The fourth-order valence-corrected chi connectivity index (χ4v) is 6.18. The maximum atomic E-state index is 13.5. The van der Waals surface area contributed by atoms with E-state index in [-0.39, 0.29) is 48.8 Å². The van der Waals surface area contributed by atoms with Crippen molar-refractivity contribution >= 4 is 50.7 Å². The van der Waals surface area contributed by atoms with Gasteiger partial charge in [0.15, 0.2) is 0 Å². The topological polar surface area (TPSA) is 96.0 Å². The Morgan fingerprint density at radius 1 is 1.08 bits per heavy atom. The zero-order chi connectivity index (χ0) is 28.6. The molecule has 2 aromatic carbocycles. The molecule has 2 aromatic rings. The Morgan fingerprint density at radius 2 is 1.77 bits per heavy atom. The van der Waals surface area contributed by atoms with E-state index >= 15 is 0 Å². The maximum absolute atomic E-state index is 13.5. The Balaban J connectivity index is 1.74. The van der Waals surface area contributed by atoms with E-state index < -0.39 is 16.1 Å². The molecule has 1 unspecified atom stereocenters. The number of methoxy groups -OCH3 is 1. The van der Waals surface area contributed by atoms with Crippen LogP contribution in [-0.2, 0) is 26.2 Å². The molecule has 0 heterocycles. The van der Waals surface area contributed by atoms with Gasteiger partial charge in [0.25, 0.3) is 0 Å². The third-order valence-corrected chi connectivity index (χ3v) is 8.85. The van der Waals surface area contributed by atoms with Crippen LogP contribution in [0.3, 0.4) is 0 Å². The van der Waals surface area contributed by atoms with Crippen molar-refractivity contribution in [3.63, 3.8) is 0 Å². The van der Waals surface area contributed by atoms with Gasteiger partial charge in [-0.25, -0.2) is 8.42 Å². The second-order valence-electron chi connectivity index (χ2n) is 9.89. The normalized spacial score (nSPS) is 14.9. The first-order chi connectivity index (χ1) is 18.5. The summed E-state index contributed by atoms with van der Waals surface area (Å²) < 4.78 is 31.5. The van der Waals surface area contributed by atoms with Crippen LogP contribution in [0.5, 0.6) is 5.75 Å². The Hall–Kier alpha value is -2.49. The van der Waals surface area contributed by atoms with Crippen LogP contribution in [-0.4, -0.2) is 57.1 Å². The smallest absolute Gasteiger partial charge is 0.242 e. The molecule has 214 valence electrons. The number of amides is 2. The summed E-state index contributed by atoms with van der Waals surface area (Å²) >= 11 is 12.6. The lowest BCUT2D eigenvalue weighted by Crippen LogP contribution is -2.50. The van der Waals surface area contributed by atoms with Crippen molar-refractivity contribution in [2.45, 2.75) is 70.5 Å². The van der Waals surface area contributed by atoms with Crippen molar-refractivity contribution in [3.05, 3.63) is 58.1 Å². The molecule has 1 aliphatic carbocycles. The van der Waals surface area contributed by atoms with Crippen molar-refractivity contribution in [1.29, 1.82) is 0 Å². The van der Waals surface area contributed by atoms with Gasteiger partial charge in [-0.15, -0.1) is 0 Å². The highest BCUT2D eigenvalue weighted by molar-refractivity contribution is 7.92. The molecule has 2 amide bonds. The second kappa shape index (κ2) is 14.2. The molecule has 1 saturated carbocycles. The molecule has 3 rings (SSSR count). The Labute approximate surface area is 241 Å². The highest BCUT2D eigenvalue weighted by atomic mass is 35.5. The van der Waals surface area contributed by atoms with Crippen molar-refractivity contribution in [2.24, 2.45) is 0 Å². The Kier molecular flexibility index (Phi) is 11.3. The van der Waals surface area contributed by atoms with E-state index in [1.165, 1.54) is 28.8 Å². The lowest BCUT2D eigenvalue weighted by Gasteiger charge is -2.31. The number of anilines is 1. The van der Waals surface area contributed by atoms with E-state index in [4.69, 9.17) is 27.9 Å². The summed E-state index contributed by atoms with van der Waals surface area (Å²) in [4.78, 5) is 28.2. The highest BCUT2D eigenvalue weighted by Gasteiger charge is 2.29. The molecule has 1 atom stereocenters. The summed E-state index contributed by atoms with van der Waals surface area (Å²) in [6.45, 7) is 1.95. The summed E-state index contributed by atoms with van der Waals surface area (Å²) in [6, 6.07) is 11.3. The maximum Gasteiger partial charge on any atom is 0.242 e. The number of halogens is 2. The lowest BCUT2D eigenvalue weighted by molar-refractivity contribution is -0.141. The highest BCUT2D eigenvalue weighted by Crippen LogP contribution is 2.30. The minimum atomic E-state index is -3.65. The molecular weight excluding hydrogens is 561 g/mol. The number of nitrogens with one attached hydrogen (secondary N) is 1. The SMILES string of the molecule is COc1ccc(N(CCCC(=O)N(Cc2ccccc2Cl)C(C)C(=O)NC2CCCCC2)S(C)(=O)=O)cc1Cl. The molecule has 1 fully saturated rings. The molecule has 0 spiro atoms. The summed E-state index contributed by atoms with van der Waals surface area (Å²) in [5.41, 5.74) is 1.11. The third-order valence-electron chi connectivity index (χ3n) is 6.99. The minimum Gasteiger partial charge on any atom is -0.495 e. The molecular formula is C28H37Cl2N3O5S. The van der Waals surface area contributed by atoms with Crippen molar-refractivity contribution in [3.8, 4) is 5.75 Å². The van der Waals surface area contributed by atoms with Gasteiger partial charge < -0.3 is 15.0 Å². The predicted octanol–water partition coefficient (Wildman–Crippen LogP) is 5.41. The number of benzene rings is 2. The van der Waals surface area contributed by atoms with Crippen LogP contribution >= 0.6 is 23.2 Å². The minimum absolute atomic E-state index is 0.0431. The van der Waals surface area contributed by atoms with Crippen molar-refractivity contribution < 1.29 is 22.7 Å². The first kappa shape index (κ1) is 31.0. The molecule has 0 aliphatic heterocycles. The predicted molar refractivity (Wildman–Crippen MR) is 156 cm³/mol. The second-order valence-corrected chi connectivity index (χ2v) is 12.6. The standard InChI is InChI=1S/C28H37Cl2N3O5S/c1-20(28(35)31-22-11-5-4-6-12-22)32(19-21-10-7-8-13-24(21)29)27(34)14-9-17-33(39(3,36)37)23-15-16-26(38-2)25(30)18-23/h7-8,10,13,15-16,18,20,22H,4-6,9,11-12,14,17,19H2,1-3H3,(H,31,35). The Morgan fingerprint density at radius 3 is 2.38 bits per heavy atom. The number of ether oxygens (including phenoxy) is 1. The number of carbonyl (C=O) groups excluding carboxylic acids is 2. The van der Waals surface area contributed by atoms with Gasteiger partial charge in [-0.3, -0.25) is 13.9 Å². The molecule has 0 radical (unpaired) electrons. The lowest BCUT2D eigenvalue weighted by atomic mass is 9.95. The average Bonchev–Trinajstić information content (AvgIpc) is 2.90. The van der Waals surface area contributed by atoms with Gasteiger partial charge in [0, 0.05) is 30.6 Å². The van der Waals surface area contributed by atoms with E-state index in [0.29, 0.717) is 16.5 Å². The molecule has 0 aromatic heterocycles. The van der Waals surface area contributed by atoms with Crippen LogP contribution in [0.25, 0.3) is 0 Å². The molecule has 11 heteroatoms. The average molecular weight is 599 g/mol.